The third kappa shape index (κ3) is 2.20. The molecule has 1 saturated carbocycles. The summed E-state index contributed by atoms with van der Waals surface area (Å²) < 4.78 is 2.23. The fraction of sp³-hybridized carbons (Fsp3) is 0.643. The second-order valence-electron chi connectivity index (χ2n) is 5.64. The minimum absolute atomic E-state index is 0.0689. The Morgan fingerprint density at radius 3 is 2.84 bits per heavy atom. The number of hydrogen-bond donors (Lipinski definition) is 2. The second kappa shape index (κ2) is 4.89. The number of nitrogens with one attached hydrogen (secondary N) is 1. The van der Waals surface area contributed by atoms with E-state index in [1.807, 2.05) is 0 Å². The molecule has 0 atom stereocenters. The van der Waals surface area contributed by atoms with Crippen molar-refractivity contribution < 1.29 is 5.11 Å². The molecule has 3 rings (SSSR count). The van der Waals surface area contributed by atoms with E-state index in [9.17, 15) is 5.11 Å². The Morgan fingerprint density at radius 1 is 1.42 bits per heavy atom. The fourth-order valence-corrected chi connectivity index (χ4v) is 4.02. The van der Waals surface area contributed by atoms with Gasteiger partial charge in [0.1, 0.15) is 0 Å². The summed E-state index contributed by atoms with van der Waals surface area (Å²) in [7, 11) is 0. The molecule has 0 aromatic carbocycles. The molecular weight excluding hydrogens is 258 g/mol. The lowest BCUT2D eigenvalue weighted by molar-refractivity contribution is 0.162. The maximum Gasteiger partial charge on any atom is 0.194 e. The molecule has 1 aliphatic rings. The smallest absolute Gasteiger partial charge is 0.194 e. The summed E-state index contributed by atoms with van der Waals surface area (Å²) in [4.78, 5) is 5.67. The molecule has 0 spiro atoms. The first-order chi connectivity index (χ1) is 9.15. The zero-order valence-corrected chi connectivity index (χ0v) is 12.4. The molecule has 0 amide bonds. The molecule has 104 valence electrons. The van der Waals surface area contributed by atoms with Crippen LogP contribution in [0.5, 0.6) is 0 Å². The molecule has 0 radical (unpaired) electrons. The van der Waals surface area contributed by atoms with E-state index in [0.29, 0.717) is 0 Å². The predicted molar refractivity (Wildman–Crippen MR) is 77.7 cm³/mol. The summed E-state index contributed by atoms with van der Waals surface area (Å²) in [6, 6.07) is 0. The van der Waals surface area contributed by atoms with Crippen molar-refractivity contribution >= 4 is 16.3 Å². The van der Waals surface area contributed by atoms with Crippen molar-refractivity contribution in [3.05, 3.63) is 22.5 Å². The molecule has 2 heterocycles. The molecular formula is C14H21N3OS. The van der Waals surface area contributed by atoms with Gasteiger partial charge in [0, 0.05) is 23.2 Å². The number of aromatic nitrogens is 2. The average molecular weight is 279 g/mol. The zero-order chi connectivity index (χ0) is 13.5. The molecule has 0 bridgehead atoms. The normalized spacial score (nSPS) is 18.5. The van der Waals surface area contributed by atoms with Crippen LogP contribution >= 0.6 is 11.3 Å². The highest BCUT2D eigenvalue weighted by Crippen LogP contribution is 2.30. The SMILES string of the molecule is Cc1nc2scc(C)n2c1CNC1(CO)CCCC1. The lowest BCUT2D eigenvalue weighted by Gasteiger charge is -2.28. The number of thiazole rings is 1. The fourth-order valence-electron chi connectivity index (χ4n) is 3.09. The summed E-state index contributed by atoms with van der Waals surface area (Å²) >= 11 is 1.69. The van der Waals surface area contributed by atoms with Gasteiger partial charge in [0.2, 0.25) is 0 Å². The third-order valence-electron chi connectivity index (χ3n) is 4.32. The van der Waals surface area contributed by atoms with Gasteiger partial charge in [0.15, 0.2) is 4.96 Å². The number of rotatable bonds is 4. The Hall–Kier alpha value is -0.910. The van der Waals surface area contributed by atoms with Crippen LogP contribution in [0.4, 0.5) is 0 Å². The Labute approximate surface area is 117 Å². The highest BCUT2D eigenvalue weighted by Gasteiger charge is 2.32. The Balaban J connectivity index is 1.85. The molecule has 0 saturated heterocycles. The van der Waals surface area contributed by atoms with Gasteiger partial charge in [-0.2, -0.15) is 0 Å². The van der Waals surface area contributed by atoms with E-state index >= 15 is 0 Å². The lowest BCUT2D eigenvalue weighted by Crippen LogP contribution is -2.45. The summed E-state index contributed by atoms with van der Waals surface area (Å²) in [5.74, 6) is 0. The highest BCUT2D eigenvalue weighted by atomic mass is 32.1. The van der Waals surface area contributed by atoms with Crippen LogP contribution in [0.3, 0.4) is 0 Å². The lowest BCUT2D eigenvalue weighted by atomic mass is 9.99. The molecule has 2 aromatic heterocycles. The van der Waals surface area contributed by atoms with Crippen LogP contribution in [0.2, 0.25) is 0 Å². The van der Waals surface area contributed by atoms with Gasteiger partial charge in [-0.25, -0.2) is 4.98 Å². The molecule has 19 heavy (non-hydrogen) atoms. The number of nitrogens with zero attached hydrogens (tertiary/aromatic N) is 2. The van der Waals surface area contributed by atoms with E-state index in [-0.39, 0.29) is 12.1 Å². The van der Waals surface area contributed by atoms with Gasteiger partial charge in [-0.15, -0.1) is 11.3 Å². The Morgan fingerprint density at radius 2 is 2.16 bits per heavy atom. The summed E-state index contributed by atoms with van der Waals surface area (Å²) in [5, 5.41) is 15.4. The maximum absolute atomic E-state index is 9.66. The van der Waals surface area contributed by atoms with E-state index in [1.165, 1.54) is 24.2 Å². The second-order valence-corrected chi connectivity index (χ2v) is 6.47. The van der Waals surface area contributed by atoms with Crippen LogP contribution in [-0.2, 0) is 6.54 Å². The van der Waals surface area contributed by atoms with Gasteiger partial charge < -0.3 is 10.4 Å². The van der Waals surface area contributed by atoms with E-state index in [1.54, 1.807) is 11.3 Å². The maximum atomic E-state index is 9.66. The quantitative estimate of drug-likeness (QED) is 0.903. The number of hydrogen-bond acceptors (Lipinski definition) is 4. The van der Waals surface area contributed by atoms with Crippen molar-refractivity contribution in [3.63, 3.8) is 0 Å². The summed E-state index contributed by atoms with van der Waals surface area (Å²) in [6.07, 6.45) is 4.58. The third-order valence-corrected chi connectivity index (χ3v) is 5.27. The molecule has 1 fully saturated rings. The largest absolute Gasteiger partial charge is 0.394 e. The van der Waals surface area contributed by atoms with Crippen LogP contribution in [0, 0.1) is 13.8 Å². The van der Waals surface area contributed by atoms with Crippen LogP contribution in [0.1, 0.15) is 42.8 Å². The van der Waals surface area contributed by atoms with Crippen molar-refractivity contribution in [2.45, 2.75) is 51.6 Å². The van der Waals surface area contributed by atoms with E-state index < -0.39 is 0 Å². The molecule has 2 N–H and O–H groups in total. The first-order valence-electron chi connectivity index (χ1n) is 6.93. The van der Waals surface area contributed by atoms with Gasteiger partial charge in [-0.1, -0.05) is 12.8 Å². The van der Waals surface area contributed by atoms with Gasteiger partial charge in [-0.05, 0) is 26.7 Å². The van der Waals surface area contributed by atoms with E-state index in [4.69, 9.17) is 0 Å². The molecule has 5 heteroatoms. The molecule has 0 unspecified atom stereocenters. The minimum atomic E-state index is -0.0689. The van der Waals surface area contributed by atoms with Crippen LogP contribution in [0.25, 0.3) is 4.96 Å². The van der Waals surface area contributed by atoms with Crippen molar-refractivity contribution in [3.8, 4) is 0 Å². The molecule has 1 aliphatic carbocycles. The topological polar surface area (TPSA) is 49.6 Å². The number of fused-ring (bicyclic) bond motifs is 1. The molecule has 2 aromatic rings. The number of aryl methyl sites for hydroxylation is 2. The van der Waals surface area contributed by atoms with Crippen LogP contribution in [-0.4, -0.2) is 26.6 Å². The van der Waals surface area contributed by atoms with Crippen LogP contribution < -0.4 is 5.32 Å². The summed E-state index contributed by atoms with van der Waals surface area (Å²) in [6.45, 7) is 5.20. The first-order valence-corrected chi connectivity index (χ1v) is 7.81. The Bertz CT molecular complexity index is 581. The number of aliphatic hydroxyl groups excluding tert-OH is 1. The number of imidazole rings is 1. The Kier molecular flexibility index (Phi) is 3.37. The van der Waals surface area contributed by atoms with Crippen molar-refractivity contribution in [1.29, 1.82) is 0 Å². The molecule has 0 aliphatic heterocycles. The van der Waals surface area contributed by atoms with Crippen molar-refractivity contribution in [1.82, 2.24) is 14.7 Å². The first kappa shape index (κ1) is 13.1. The van der Waals surface area contributed by atoms with Gasteiger partial charge >= 0.3 is 0 Å². The monoisotopic (exact) mass is 279 g/mol. The van der Waals surface area contributed by atoms with Gasteiger partial charge in [0.25, 0.3) is 0 Å². The number of aliphatic hydroxyl groups is 1. The molecule has 4 nitrogen and oxygen atoms in total. The summed E-state index contributed by atoms with van der Waals surface area (Å²) in [5.41, 5.74) is 3.49. The van der Waals surface area contributed by atoms with E-state index in [0.717, 1.165) is 30.0 Å². The van der Waals surface area contributed by atoms with Crippen LogP contribution in [0.15, 0.2) is 5.38 Å². The average Bonchev–Trinajstić information content (AvgIpc) is 3.07. The van der Waals surface area contributed by atoms with Gasteiger partial charge in [-0.3, -0.25) is 4.40 Å². The minimum Gasteiger partial charge on any atom is -0.394 e. The van der Waals surface area contributed by atoms with Crippen molar-refractivity contribution in [2.24, 2.45) is 0 Å². The van der Waals surface area contributed by atoms with Crippen molar-refractivity contribution in [2.75, 3.05) is 6.61 Å². The zero-order valence-electron chi connectivity index (χ0n) is 11.6. The standard InChI is InChI=1S/C14H21N3OS/c1-10-8-19-13-16-11(2)12(17(10)13)7-15-14(9-18)5-3-4-6-14/h8,15,18H,3-7,9H2,1-2H3. The highest BCUT2D eigenvalue weighted by molar-refractivity contribution is 7.15. The van der Waals surface area contributed by atoms with Gasteiger partial charge in [0.05, 0.1) is 18.0 Å². The predicted octanol–water partition coefficient (Wildman–Crippen LogP) is 2.41. The van der Waals surface area contributed by atoms with E-state index in [2.05, 4.69) is 33.9 Å².